The molecule has 0 aliphatic heterocycles. The highest BCUT2D eigenvalue weighted by molar-refractivity contribution is 5.83. The molecule has 34 heavy (non-hydrogen) atoms. The molecular weight excluding hydrogens is 444 g/mol. The van der Waals surface area contributed by atoms with Gasteiger partial charge in [0.05, 0.1) is 7.11 Å². The molecule has 0 aliphatic rings. The van der Waals surface area contributed by atoms with Crippen LogP contribution >= 0.6 is 0 Å². The van der Waals surface area contributed by atoms with Crippen LogP contribution in [-0.2, 0) is 34.3 Å². The lowest BCUT2D eigenvalue weighted by Gasteiger charge is -2.35. The molecule has 1 N–H and O–H groups in total. The number of hydrogen-bond acceptors (Lipinski definition) is 8. The Hall–Kier alpha value is -2.85. The number of carbonyl (C=O) groups excluding carboxylic acids is 3. The molecule has 0 bridgehead atoms. The van der Waals surface area contributed by atoms with Crippen LogP contribution in [-0.4, -0.2) is 61.7 Å². The van der Waals surface area contributed by atoms with Gasteiger partial charge in [0.2, 0.25) is 0 Å². The molecule has 1 atom stereocenters. The normalized spacial score (nSPS) is 13.0. The molecule has 1 rings (SSSR count). The van der Waals surface area contributed by atoms with Crippen molar-refractivity contribution in [1.82, 2.24) is 10.4 Å². The van der Waals surface area contributed by atoms with Gasteiger partial charge in [0.15, 0.2) is 11.8 Å². The van der Waals surface area contributed by atoms with Gasteiger partial charge in [-0.1, -0.05) is 30.3 Å². The van der Waals surface area contributed by atoms with Crippen LogP contribution in [0.2, 0.25) is 0 Å². The topological polar surface area (TPSA) is 113 Å². The Kier molecular flexibility index (Phi) is 10.3. The maximum atomic E-state index is 13.0. The Balaban J connectivity index is 3.32. The number of ether oxygens (including phenoxy) is 5. The van der Waals surface area contributed by atoms with Crippen LogP contribution in [0.15, 0.2) is 30.3 Å². The molecule has 0 saturated carbocycles. The zero-order chi connectivity index (χ0) is 26.2. The highest BCUT2D eigenvalue weighted by Crippen LogP contribution is 2.32. The van der Waals surface area contributed by atoms with E-state index in [9.17, 15) is 14.4 Å². The molecule has 0 heterocycles. The second-order valence-corrected chi connectivity index (χ2v) is 9.57. The summed E-state index contributed by atoms with van der Waals surface area (Å²) in [5, 5.41) is 0.784. The number of methoxy groups -OCH3 is 3. The molecule has 1 unspecified atom stereocenters. The summed E-state index contributed by atoms with van der Waals surface area (Å²) in [6.45, 7) is 10.0. The molecule has 0 aromatic heterocycles. The summed E-state index contributed by atoms with van der Waals surface area (Å²) in [5.74, 6) is -1.98. The van der Waals surface area contributed by atoms with Crippen molar-refractivity contribution in [1.29, 1.82) is 0 Å². The minimum Gasteiger partial charge on any atom is -0.467 e. The highest BCUT2D eigenvalue weighted by atomic mass is 16.7. The average Bonchev–Trinajstić information content (AvgIpc) is 2.73. The van der Waals surface area contributed by atoms with E-state index in [1.165, 1.54) is 21.3 Å². The van der Waals surface area contributed by atoms with Crippen molar-refractivity contribution in [3.05, 3.63) is 35.9 Å². The lowest BCUT2D eigenvalue weighted by Crippen LogP contribution is -2.57. The first-order valence-corrected chi connectivity index (χ1v) is 10.9. The van der Waals surface area contributed by atoms with Gasteiger partial charge in [-0.05, 0) is 48.0 Å². The van der Waals surface area contributed by atoms with E-state index in [1.807, 2.05) is 30.3 Å². The van der Waals surface area contributed by atoms with Crippen LogP contribution in [0, 0.1) is 0 Å². The number of benzene rings is 1. The van der Waals surface area contributed by atoms with Gasteiger partial charge < -0.3 is 23.7 Å². The van der Waals surface area contributed by atoms with E-state index in [0.29, 0.717) is 5.56 Å². The summed E-state index contributed by atoms with van der Waals surface area (Å²) in [6, 6.07) is 7.90. The fraction of sp³-hybridized carbons (Fsp3) is 0.625. The Labute approximate surface area is 201 Å². The van der Waals surface area contributed by atoms with Gasteiger partial charge in [-0.25, -0.2) is 24.8 Å². The standard InChI is InChI=1S/C24H38N2O8/c1-22(2,3)33-20(28)25-26(21(29)34-23(4,5)6)18(19(27)30-7)15-16-24(31-8,32-9)17-13-11-10-12-14-17/h10-14,18H,15-16H2,1-9H3,(H,25,28). The summed E-state index contributed by atoms with van der Waals surface area (Å²) in [6.07, 6.45) is -1.74. The highest BCUT2D eigenvalue weighted by Gasteiger charge is 2.40. The van der Waals surface area contributed by atoms with Crippen LogP contribution in [0.5, 0.6) is 0 Å². The van der Waals surface area contributed by atoms with Crippen LogP contribution in [0.4, 0.5) is 9.59 Å². The van der Waals surface area contributed by atoms with Gasteiger partial charge in [-0.15, -0.1) is 0 Å². The maximum Gasteiger partial charge on any atom is 0.430 e. The summed E-state index contributed by atoms with van der Waals surface area (Å²) < 4.78 is 27.0. The number of esters is 1. The van der Waals surface area contributed by atoms with Crippen molar-refractivity contribution in [2.24, 2.45) is 0 Å². The van der Waals surface area contributed by atoms with Crippen molar-refractivity contribution >= 4 is 18.2 Å². The quantitative estimate of drug-likeness (QED) is 0.255. The maximum absolute atomic E-state index is 13.0. The van der Waals surface area contributed by atoms with Gasteiger partial charge in [-0.3, -0.25) is 0 Å². The number of carbonyl (C=O) groups is 3. The summed E-state index contributed by atoms with van der Waals surface area (Å²) >= 11 is 0. The molecule has 1 aromatic carbocycles. The van der Waals surface area contributed by atoms with Crippen molar-refractivity contribution in [3.63, 3.8) is 0 Å². The van der Waals surface area contributed by atoms with E-state index in [-0.39, 0.29) is 12.8 Å². The molecule has 10 heteroatoms. The van der Waals surface area contributed by atoms with Gasteiger partial charge in [0.1, 0.15) is 11.2 Å². The molecule has 192 valence electrons. The first-order chi connectivity index (χ1) is 15.7. The lowest BCUT2D eigenvalue weighted by atomic mass is 9.97. The van der Waals surface area contributed by atoms with Gasteiger partial charge in [0, 0.05) is 26.2 Å². The van der Waals surface area contributed by atoms with Gasteiger partial charge in [0.25, 0.3) is 0 Å². The third-order valence-corrected chi connectivity index (χ3v) is 4.61. The summed E-state index contributed by atoms with van der Waals surface area (Å²) in [7, 11) is 4.15. The summed E-state index contributed by atoms with van der Waals surface area (Å²) in [5.41, 5.74) is 1.33. The van der Waals surface area contributed by atoms with Gasteiger partial charge >= 0.3 is 18.2 Å². The molecule has 2 amide bonds. The van der Waals surface area contributed by atoms with Crippen LogP contribution < -0.4 is 5.43 Å². The van der Waals surface area contributed by atoms with Crippen molar-refractivity contribution in [2.45, 2.75) is 77.4 Å². The fourth-order valence-electron chi connectivity index (χ4n) is 3.14. The Morgan fingerprint density at radius 3 is 1.85 bits per heavy atom. The van der Waals surface area contributed by atoms with Crippen molar-refractivity contribution in [2.75, 3.05) is 21.3 Å². The average molecular weight is 483 g/mol. The van der Waals surface area contributed by atoms with E-state index in [0.717, 1.165) is 5.01 Å². The fourth-order valence-corrected chi connectivity index (χ4v) is 3.14. The first kappa shape index (κ1) is 29.2. The number of hydrogen-bond donors (Lipinski definition) is 1. The third-order valence-electron chi connectivity index (χ3n) is 4.61. The summed E-state index contributed by atoms with van der Waals surface area (Å²) in [4.78, 5) is 38.3. The predicted molar refractivity (Wildman–Crippen MR) is 125 cm³/mol. The molecule has 0 radical (unpaired) electrons. The molecule has 0 fully saturated rings. The minimum atomic E-state index is -1.26. The van der Waals surface area contributed by atoms with Crippen LogP contribution in [0.3, 0.4) is 0 Å². The molecule has 0 aliphatic carbocycles. The van der Waals surface area contributed by atoms with E-state index >= 15 is 0 Å². The SMILES string of the molecule is COC(=O)C(CCC(OC)(OC)c1ccccc1)N(NC(=O)OC(C)(C)C)C(=O)OC(C)(C)C. The van der Waals surface area contributed by atoms with E-state index in [1.54, 1.807) is 41.5 Å². The second-order valence-electron chi connectivity index (χ2n) is 9.57. The molecule has 10 nitrogen and oxygen atoms in total. The van der Waals surface area contributed by atoms with Crippen LogP contribution in [0.25, 0.3) is 0 Å². The predicted octanol–water partition coefficient (Wildman–Crippen LogP) is 4.13. The monoisotopic (exact) mass is 482 g/mol. The molecule has 0 spiro atoms. The van der Waals surface area contributed by atoms with E-state index in [4.69, 9.17) is 23.7 Å². The van der Waals surface area contributed by atoms with E-state index < -0.39 is 41.2 Å². The number of amides is 2. The number of nitrogens with one attached hydrogen (secondary N) is 1. The van der Waals surface area contributed by atoms with E-state index in [2.05, 4.69) is 5.43 Å². The van der Waals surface area contributed by atoms with Crippen molar-refractivity contribution < 1.29 is 38.1 Å². The Bertz CT molecular complexity index is 811. The number of hydrazine groups is 1. The zero-order valence-corrected chi connectivity index (χ0v) is 21.6. The third kappa shape index (κ3) is 8.83. The molecular formula is C24H38N2O8. The number of nitrogens with zero attached hydrogens (tertiary/aromatic N) is 1. The van der Waals surface area contributed by atoms with Gasteiger partial charge in [-0.2, -0.15) is 0 Å². The van der Waals surface area contributed by atoms with Crippen LogP contribution in [0.1, 0.15) is 59.9 Å². The van der Waals surface area contributed by atoms with Crippen molar-refractivity contribution in [3.8, 4) is 0 Å². The molecule has 1 aromatic rings. The minimum absolute atomic E-state index is 0.00170. The molecule has 0 saturated heterocycles. The number of rotatable bonds is 8. The zero-order valence-electron chi connectivity index (χ0n) is 21.6. The largest absolute Gasteiger partial charge is 0.467 e. The first-order valence-electron chi connectivity index (χ1n) is 10.9. The Morgan fingerprint density at radius 1 is 0.882 bits per heavy atom. The lowest BCUT2D eigenvalue weighted by molar-refractivity contribution is -0.222. The second kappa shape index (κ2) is 12.0. The Morgan fingerprint density at radius 2 is 1.41 bits per heavy atom. The smallest absolute Gasteiger partial charge is 0.430 e.